The third-order valence-electron chi connectivity index (χ3n) is 4.98. The maximum absolute atomic E-state index is 4.77. The molecule has 1 aromatic heterocycles. The van der Waals surface area contributed by atoms with Gasteiger partial charge in [-0.15, -0.1) is 0 Å². The predicted molar refractivity (Wildman–Crippen MR) is 106 cm³/mol. The molecule has 1 saturated heterocycles. The molecular weight excluding hydrogens is 306 g/mol. The van der Waals surface area contributed by atoms with Crippen LogP contribution < -0.4 is 10.2 Å². The average Bonchev–Trinajstić information content (AvgIpc) is 3.14. The van der Waals surface area contributed by atoms with Gasteiger partial charge in [-0.25, -0.2) is 0 Å². The Morgan fingerprint density at radius 2 is 1.72 bits per heavy atom. The molecule has 0 spiro atoms. The minimum Gasteiger partial charge on any atom is -0.381 e. The van der Waals surface area contributed by atoms with Crippen molar-refractivity contribution in [1.82, 2.24) is 4.98 Å². The van der Waals surface area contributed by atoms with Crippen molar-refractivity contribution in [3.8, 4) is 0 Å². The van der Waals surface area contributed by atoms with Crippen molar-refractivity contribution in [1.29, 1.82) is 0 Å². The van der Waals surface area contributed by atoms with Gasteiger partial charge in [0.25, 0.3) is 0 Å². The van der Waals surface area contributed by atoms with Crippen molar-refractivity contribution in [2.45, 2.75) is 33.2 Å². The minimum atomic E-state index is 0.830. The largest absolute Gasteiger partial charge is 0.381 e. The summed E-state index contributed by atoms with van der Waals surface area (Å²) in [4.78, 5) is 7.26. The monoisotopic (exact) mass is 331 g/mol. The summed E-state index contributed by atoms with van der Waals surface area (Å²) in [5.41, 5.74) is 7.22. The van der Waals surface area contributed by atoms with Crippen LogP contribution in [-0.4, -0.2) is 18.1 Å². The van der Waals surface area contributed by atoms with Crippen molar-refractivity contribution >= 4 is 22.3 Å². The number of fused-ring (bicyclic) bond motifs is 1. The second-order valence-electron chi connectivity index (χ2n) is 7.05. The van der Waals surface area contributed by atoms with E-state index in [9.17, 15) is 0 Å². The van der Waals surface area contributed by atoms with Crippen molar-refractivity contribution in [3.05, 3.63) is 65.4 Å². The molecule has 1 N–H and O–H groups in total. The third-order valence-corrected chi connectivity index (χ3v) is 4.98. The van der Waals surface area contributed by atoms with Gasteiger partial charge in [-0.2, -0.15) is 0 Å². The molecule has 0 amide bonds. The molecule has 0 saturated carbocycles. The number of pyridine rings is 1. The topological polar surface area (TPSA) is 28.2 Å². The van der Waals surface area contributed by atoms with E-state index in [1.165, 1.54) is 35.0 Å². The molecule has 0 radical (unpaired) electrons. The number of hydrogen-bond donors (Lipinski definition) is 1. The van der Waals surface area contributed by atoms with Crippen LogP contribution in [0.15, 0.2) is 48.5 Å². The van der Waals surface area contributed by atoms with E-state index >= 15 is 0 Å². The Balaban J connectivity index is 1.60. The zero-order valence-electron chi connectivity index (χ0n) is 15.0. The molecule has 4 rings (SSSR count). The summed E-state index contributed by atoms with van der Waals surface area (Å²) in [6.45, 7) is 7.35. The van der Waals surface area contributed by atoms with Gasteiger partial charge in [0.2, 0.25) is 0 Å². The van der Waals surface area contributed by atoms with E-state index in [4.69, 9.17) is 4.98 Å². The number of rotatable bonds is 4. The summed E-state index contributed by atoms with van der Waals surface area (Å²) >= 11 is 0. The molecule has 0 bridgehead atoms. The molecule has 3 aromatic rings. The second kappa shape index (κ2) is 6.75. The van der Waals surface area contributed by atoms with E-state index in [2.05, 4.69) is 72.6 Å². The van der Waals surface area contributed by atoms with Crippen molar-refractivity contribution < 1.29 is 0 Å². The molecule has 2 aromatic carbocycles. The molecule has 1 fully saturated rings. The van der Waals surface area contributed by atoms with Crippen LogP contribution in [0.1, 0.15) is 29.7 Å². The summed E-state index contributed by atoms with van der Waals surface area (Å²) in [6.07, 6.45) is 2.58. The van der Waals surface area contributed by atoms with Gasteiger partial charge < -0.3 is 10.2 Å². The fourth-order valence-electron chi connectivity index (χ4n) is 3.58. The van der Waals surface area contributed by atoms with Crippen LogP contribution in [0.5, 0.6) is 0 Å². The van der Waals surface area contributed by atoms with Gasteiger partial charge >= 0.3 is 0 Å². The summed E-state index contributed by atoms with van der Waals surface area (Å²) in [5, 5.41) is 4.79. The molecule has 0 atom stereocenters. The molecule has 25 heavy (non-hydrogen) atoms. The number of benzene rings is 2. The Kier molecular flexibility index (Phi) is 4.31. The van der Waals surface area contributed by atoms with E-state index in [1.54, 1.807) is 0 Å². The molecule has 0 unspecified atom stereocenters. The summed E-state index contributed by atoms with van der Waals surface area (Å²) in [6, 6.07) is 17.5. The first-order valence-corrected chi connectivity index (χ1v) is 9.15. The highest BCUT2D eigenvalue weighted by molar-refractivity contribution is 5.94. The fourth-order valence-corrected chi connectivity index (χ4v) is 3.58. The van der Waals surface area contributed by atoms with Gasteiger partial charge in [-0.05, 0) is 56.5 Å². The van der Waals surface area contributed by atoms with Crippen LogP contribution >= 0.6 is 0 Å². The number of nitrogens with one attached hydrogen (secondary N) is 1. The lowest BCUT2D eigenvalue weighted by Gasteiger charge is -2.20. The highest BCUT2D eigenvalue weighted by Gasteiger charge is 2.16. The van der Waals surface area contributed by atoms with E-state index in [1.807, 2.05) is 0 Å². The predicted octanol–water partition coefficient (Wildman–Crippen LogP) is 5.06. The average molecular weight is 331 g/mol. The van der Waals surface area contributed by atoms with Crippen LogP contribution in [0.3, 0.4) is 0 Å². The van der Waals surface area contributed by atoms with Gasteiger partial charge in [0, 0.05) is 42.1 Å². The second-order valence-corrected chi connectivity index (χ2v) is 7.05. The molecule has 3 nitrogen and oxygen atoms in total. The van der Waals surface area contributed by atoms with Gasteiger partial charge in [-0.3, -0.25) is 4.98 Å². The lowest BCUT2D eigenvalue weighted by molar-refractivity contribution is 0.949. The molecule has 128 valence electrons. The van der Waals surface area contributed by atoms with Crippen LogP contribution in [0.2, 0.25) is 0 Å². The smallest absolute Gasteiger partial charge is 0.0746 e. The Hall–Kier alpha value is -2.55. The maximum atomic E-state index is 4.77. The van der Waals surface area contributed by atoms with Crippen molar-refractivity contribution in [2.24, 2.45) is 0 Å². The first-order chi connectivity index (χ1) is 12.2. The summed E-state index contributed by atoms with van der Waals surface area (Å²) in [7, 11) is 0. The normalized spacial score (nSPS) is 14.2. The number of nitrogens with zero attached hydrogens (tertiary/aromatic N) is 2. The van der Waals surface area contributed by atoms with E-state index in [0.717, 1.165) is 36.5 Å². The number of hydrogen-bond acceptors (Lipinski definition) is 3. The zero-order valence-corrected chi connectivity index (χ0v) is 15.0. The highest BCUT2D eigenvalue weighted by atomic mass is 15.1. The number of aryl methyl sites for hydroxylation is 2. The lowest BCUT2D eigenvalue weighted by atomic mass is 10.1. The standard InChI is InChI=1S/C22H25N3/c1-16-5-7-18(8-6-16)15-23-19-9-10-20-21(14-19)24-17(2)13-22(20)25-11-3-4-12-25/h5-10,13-14,23H,3-4,11-12,15H2,1-2H3. The maximum Gasteiger partial charge on any atom is 0.0746 e. The number of anilines is 2. The minimum absolute atomic E-state index is 0.830. The van der Waals surface area contributed by atoms with Gasteiger partial charge in [0.05, 0.1) is 5.52 Å². The van der Waals surface area contributed by atoms with Gasteiger partial charge in [0.15, 0.2) is 0 Å². The molecule has 1 aliphatic heterocycles. The molecule has 3 heteroatoms. The first kappa shape index (κ1) is 15.9. The van der Waals surface area contributed by atoms with E-state index in [-0.39, 0.29) is 0 Å². The van der Waals surface area contributed by atoms with Gasteiger partial charge in [0.1, 0.15) is 0 Å². The Labute approximate surface area is 149 Å². The van der Waals surface area contributed by atoms with Gasteiger partial charge in [-0.1, -0.05) is 29.8 Å². The Bertz CT molecular complexity index is 878. The Morgan fingerprint density at radius 1 is 0.960 bits per heavy atom. The van der Waals surface area contributed by atoms with E-state index in [0.29, 0.717) is 0 Å². The fraction of sp³-hybridized carbons (Fsp3) is 0.318. The quantitative estimate of drug-likeness (QED) is 0.724. The summed E-state index contributed by atoms with van der Waals surface area (Å²) < 4.78 is 0. The third kappa shape index (κ3) is 3.46. The molecule has 2 heterocycles. The van der Waals surface area contributed by atoms with Crippen LogP contribution in [0.4, 0.5) is 11.4 Å². The molecule has 1 aliphatic rings. The van der Waals surface area contributed by atoms with Crippen LogP contribution in [-0.2, 0) is 6.54 Å². The van der Waals surface area contributed by atoms with E-state index < -0.39 is 0 Å². The van der Waals surface area contributed by atoms with Crippen molar-refractivity contribution in [2.75, 3.05) is 23.3 Å². The molecular formula is C22H25N3. The SMILES string of the molecule is Cc1ccc(CNc2ccc3c(N4CCCC4)cc(C)nc3c2)cc1. The lowest BCUT2D eigenvalue weighted by Crippen LogP contribution is -2.18. The highest BCUT2D eigenvalue weighted by Crippen LogP contribution is 2.31. The van der Waals surface area contributed by atoms with Crippen LogP contribution in [0, 0.1) is 13.8 Å². The Morgan fingerprint density at radius 3 is 2.48 bits per heavy atom. The first-order valence-electron chi connectivity index (χ1n) is 9.15. The molecule has 0 aliphatic carbocycles. The van der Waals surface area contributed by atoms with Crippen molar-refractivity contribution in [3.63, 3.8) is 0 Å². The number of aromatic nitrogens is 1. The zero-order chi connectivity index (χ0) is 17.2. The summed E-state index contributed by atoms with van der Waals surface area (Å²) in [5.74, 6) is 0. The van der Waals surface area contributed by atoms with Crippen LogP contribution in [0.25, 0.3) is 10.9 Å².